The molecule has 212 valence electrons. The molecule has 0 spiro atoms. The van der Waals surface area contributed by atoms with Crippen molar-refractivity contribution < 1.29 is 38.9 Å². The molecule has 2 fully saturated rings. The van der Waals surface area contributed by atoms with Gasteiger partial charge in [-0.1, -0.05) is 11.2 Å². The number of hydrogen-bond donors (Lipinski definition) is 6. The molecule has 5 rings (SSSR count). The van der Waals surface area contributed by atoms with E-state index in [9.17, 15) is 24.9 Å². The van der Waals surface area contributed by atoms with E-state index in [-0.39, 0.29) is 28.9 Å². The van der Waals surface area contributed by atoms with Crippen molar-refractivity contribution in [2.75, 3.05) is 44.0 Å². The third-order valence-electron chi connectivity index (χ3n) is 6.29. The highest BCUT2D eigenvalue weighted by molar-refractivity contribution is 6.02. The fourth-order valence-corrected chi connectivity index (χ4v) is 4.16. The number of carbonyl (C=O) groups excluding carboxylic acids is 2. The first-order valence-corrected chi connectivity index (χ1v) is 12.6. The molecule has 3 heterocycles. The van der Waals surface area contributed by atoms with Crippen molar-refractivity contribution >= 4 is 29.0 Å². The molecular formula is C25H29N7O8. The molecule has 1 saturated heterocycles. The highest BCUT2D eigenvalue weighted by Crippen LogP contribution is 2.38. The fourth-order valence-electron chi connectivity index (χ4n) is 4.16. The number of aliphatic hydroxyl groups is 3. The molecule has 15 nitrogen and oxygen atoms in total. The average molecular weight is 556 g/mol. The number of morpholine rings is 1. The molecule has 0 atom stereocenters. The van der Waals surface area contributed by atoms with Gasteiger partial charge in [-0.3, -0.25) is 19.8 Å². The van der Waals surface area contributed by atoms with Gasteiger partial charge < -0.3 is 39.9 Å². The van der Waals surface area contributed by atoms with E-state index in [0.29, 0.717) is 48.5 Å². The Balaban J connectivity index is 1.44. The van der Waals surface area contributed by atoms with E-state index in [2.05, 4.69) is 30.7 Å². The van der Waals surface area contributed by atoms with Gasteiger partial charge in [-0.25, -0.2) is 4.98 Å². The zero-order valence-corrected chi connectivity index (χ0v) is 21.6. The monoisotopic (exact) mass is 555 g/mol. The number of pyridine rings is 1. The molecule has 6 N–H and O–H groups in total. The van der Waals surface area contributed by atoms with E-state index in [1.165, 1.54) is 13.2 Å². The van der Waals surface area contributed by atoms with Crippen LogP contribution in [-0.2, 0) is 16.1 Å². The first-order chi connectivity index (χ1) is 19.2. The Morgan fingerprint density at radius 2 is 1.95 bits per heavy atom. The van der Waals surface area contributed by atoms with Crippen molar-refractivity contribution in [1.82, 2.24) is 25.3 Å². The molecule has 0 radical (unpaired) electrons. The lowest BCUT2D eigenvalue weighted by Gasteiger charge is -2.24. The van der Waals surface area contributed by atoms with E-state index < -0.39 is 12.0 Å². The fraction of sp³-hybridized carbons (Fsp3) is 0.400. The quantitative estimate of drug-likeness (QED) is 0.188. The number of ether oxygens (including phenoxy) is 2. The molecule has 1 aliphatic heterocycles. The van der Waals surface area contributed by atoms with Crippen LogP contribution in [-0.4, -0.2) is 86.7 Å². The predicted octanol–water partition coefficient (Wildman–Crippen LogP) is 0.382. The van der Waals surface area contributed by atoms with Crippen LogP contribution in [0.1, 0.15) is 29.1 Å². The molecule has 2 amide bonds. The maximum absolute atomic E-state index is 12.7. The number of hydrogen-bond acceptors (Lipinski definition) is 13. The van der Waals surface area contributed by atoms with E-state index in [1.54, 1.807) is 23.5 Å². The molecule has 0 bridgehead atoms. The molecule has 0 unspecified atom stereocenters. The minimum absolute atomic E-state index is 0.0835. The summed E-state index contributed by atoms with van der Waals surface area (Å²) in [5.41, 5.74) is 0.861. The Hall–Kier alpha value is -4.15. The summed E-state index contributed by atoms with van der Waals surface area (Å²) >= 11 is 0. The highest BCUT2D eigenvalue weighted by Gasteiger charge is 2.30. The molecule has 40 heavy (non-hydrogen) atoms. The second kappa shape index (κ2) is 11.5. The predicted molar refractivity (Wildman–Crippen MR) is 138 cm³/mol. The van der Waals surface area contributed by atoms with Crippen molar-refractivity contribution in [1.29, 1.82) is 0 Å². The van der Waals surface area contributed by atoms with Crippen LogP contribution in [0.5, 0.6) is 5.75 Å². The van der Waals surface area contributed by atoms with E-state index in [4.69, 9.17) is 14.0 Å². The minimum Gasteiger partial charge on any atom is -0.494 e. The molecular weight excluding hydrogens is 526 g/mol. The topological polar surface area (TPSA) is 204 Å². The Labute approximate surface area is 228 Å². The van der Waals surface area contributed by atoms with Crippen LogP contribution in [0.15, 0.2) is 35.0 Å². The summed E-state index contributed by atoms with van der Waals surface area (Å²) in [4.78, 5) is 35.7. The van der Waals surface area contributed by atoms with Crippen LogP contribution in [0, 0.1) is 5.92 Å². The third kappa shape index (κ3) is 6.70. The molecule has 1 aromatic carbocycles. The van der Waals surface area contributed by atoms with Gasteiger partial charge in [-0.2, -0.15) is 4.98 Å². The van der Waals surface area contributed by atoms with Crippen LogP contribution in [0.2, 0.25) is 0 Å². The zero-order valence-electron chi connectivity index (χ0n) is 21.6. The summed E-state index contributed by atoms with van der Waals surface area (Å²) in [6, 6.07) is 6.54. The van der Waals surface area contributed by atoms with Crippen molar-refractivity contribution in [2.24, 2.45) is 5.92 Å². The van der Waals surface area contributed by atoms with Gasteiger partial charge in [0, 0.05) is 31.3 Å². The summed E-state index contributed by atoms with van der Waals surface area (Å²) in [5.74, 6) is -0.112. The number of aromatic nitrogens is 3. The Bertz CT molecular complexity index is 1380. The maximum atomic E-state index is 12.7. The number of nitrogens with one attached hydrogen (secondary N) is 3. The lowest BCUT2D eigenvalue weighted by Crippen LogP contribution is -2.48. The lowest BCUT2D eigenvalue weighted by atomic mass is 10.1. The van der Waals surface area contributed by atoms with E-state index >= 15 is 0 Å². The molecule has 3 aromatic rings. The van der Waals surface area contributed by atoms with Gasteiger partial charge in [-0.15, -0.1) is 0 Å². The molecule has 15 heteroatoms. The largest absolute Gasteiger partial charge is 0.494 e. The summed E-state index contributed by atoms with van der Waals surface area (Å²) in [6.07, 6.45) is -0.754. The van der Waals surface area contributed by atoms with Crippen LogP contribution in [0.3, 0.4) is 0 Å². The first kappa shape index (κ1) is 27.4. The number of amides is 2. The summed E-state index contributed by atoms with van der Waals surface area (Å²) in [5, 5.41) is 39.3. The van der Waals surface area contributed by atoms with Crippen molar-refractivity contribution in [3.8, 4) is 17.1 Å². The summed E-state index contributed by atoms with van der Waals surface area (Å²) in [6.45, 7) is 3.27. The Morgan fingerprint density at radius 3 is 2.65 bits per heavy atom. The van der Waals surface area contributed by atoms with Crippen molar-refractivity contribution in [3.63, 3.8) is 0 Å². The van der Waals surface area contributed by atoms with Gasteiger partial charge in [0.25, 0.3) is 5.91 Å². The number of anilines is 3. The Kier molecular flexibility index (Phi) is 7.90. The normalized spacial score (nSPS) is 15.9. The number of methoxy groups -OCH3 is 1. The molecule has 1 aliphatic carbocycles. The molecule has 2 aliphatic rings. The van der Waals surface area contributed by atoms with E-state index in [0.717, 1.165) is 32.1 Å². The second-order valence-electron chi connectivity index (χ2n) is 9.38. The number of rotatable bonds is 10. The smallest absolute Gasteiger partial charge is 0.369 e. The van der Waals surface area contributed by atoms with Gasteiger partial charge in [0.15, 0.2) is 5.75 Å². The van der Waals surface area contributed by atoms with Crippen LogP contribution >= 0.6 is 0 Å². The SMILES string of the molecule is COc1c(Nc2cc(NC(=O)C3CC3)ncc2C(=O)NC(O)(O)O)cccc1-c1noc(CN2CCOCC2)n1. The van der Waals surface area contributed by atoms with Gasteiger partial charge >= 0.3 is 6.10 Å². The van der Waals surface area contributed by atoms with Crippen LogP contribution in [0.4, 0.5) is 17.2 Å². The van der Waals surface area contributed by atoms with Gasteiger partial charge in [0.05, 0.1) is 49.4 Å². The molecule has 2 aromatic heterocycles. The first-order valence-electron chi connectivity index (χ1n) is 12.6. The molecule has 1 saturated carbocycles. The van der Waals surface area contributed by atoms with Crippen LogP contribution < -0.4 is 20.7 Å². The average Bonchev–Trinajstić information content (AvgIpc) is 3.67. The standard InChI is InChI=1S/C25H29N7O8/c1-38-21-15(22-29-20(40-31-22)13-32-7-9-39-10-8-32)3-2-4-17(21)27-18-11-19(28-23(33)14-5-6-14)26-12-16(18)24(34)30-25(35,36)37/h2-4,11-12,14,35-37H,5-10,13H2,1H3,(H,30,34)(H2,26,27,28,33). The van der Waals surface area contributed by atoms with Gasteiger partial charge in [0.1, 0.15) is 5.82 Å². The highest BCUT2D eigenvalue weighted by atomic mass is 16.7. The minimum atomic E-state index is -3.46. The number of carbonyl (C=O) groups is 2. The van der Waals surface area contributed by atoms with E-state index in [1.807, 2.05) is 0 Å². The van der Waals surface area contributed by atoms with Gasteiger partial charge in [0.2, 0.25) is 17.6 Å². The number of para-hydroxylation sites is 1. The summed E-state index contributed by atoms with van der Waals surface area (Å²) in [7, 11) is 1.46. The lowest BCUT2D eigenvalue weighted by molar-refractivity contribution is -0.323. The van der Waals surface area contributed by atoms with Gasteiger partial charge in [-0.05, 0) is 25.0 Å². The number of benzene rings is 1. The Morgan fingerprint density at radius 1 is 1.18 bits per heavy atom. The van der Waals surface area contributed by atoms with Crippen molar-refractivity contribution in [3.05, 3.63) is 41.9 Å². The number of nitrogens with zero attached hydrogens (tertiary/aromatic N) is 4. The zero-order chi connectivity index (χ0) is 28.3. The summed E-state index contributed by atoms with van der Waals surface area (Å²) < 4.78 is 16.5. The second-order valence-corrected chi connectivity index (χ2v) is 9.38. The van der Waals surface area contributed by atoms with Crippen molar-refractivity contribution in [2.45, 2.75) is 25.5 Å². The van der Waals surface area contributed by atoms with Crippen LogP contribution in [0.25, 0.3) is 11.4 Å². The maximum Gasteiger partial charge on any atom is 0.369 e. The third-order valence-corrected chi connectivity index (χ3v) is 6.29.